The van der Waals surface area contributed by atoms with Gasteiger partial charge in [-0.25, -0.2) is 0 Å². The van der Waals surface area contributed by atoms with Crippen molar-refractivity contribution in [1.29, 1.82) is 0 Å². The fourth-order valence-corrected chi connectivity index (χ4v) is 2.73. The van der Waals surface area contributed by atoms with Crippen LogP contribution in [0.1, 0.15) is 51.0 Å². The van der Waals surface area contributed by atoms with E-state index in [1.165, 1.54) is 7.11 Å². The summed E-state index contributed by atoms with van der Waals surface area (Å²) >= 11 is 6.20. The molecule has 0 aliphatic carbocycles. The van der Waals surface area contributed by atoms with Crippen LogP contribution in [0, 0.1) is 13.8 Å². The number of aryl methyl sites for hydroxylation is 1. The number of carbonyl (C=O) groups excluding carboxylic acids is 1. The summed E-state index contributed by atoms with van der Waals surface area (Å²) in [5.74, 6) is -0.254. The fraction of sp³-hybridized carbons (Fsp3) is 0.733. The van der Waals surface area contributed by atoms with Gasteiger partial charge in [-0.15, -0.1) is 0 Å². The number of hydrogen-bond donors (Lipinski definition) is 1. The Morgan fingerprint density at radius 3 is 2.57 bits per heavy atom. The minimum atomic E-state index is -0.733. The lowest BCUT2D eigenvalue weighted by Gasteiger charge is -2.31. The second-order valence-corrected chi connectivity index (χ2v) is 6.11. The molecule has 0 saturated heterocycles. The zero-order chi connectivity index (χ0) is 16.2. The van der Waals surface area contributed by atoms with Crippen molar-refractivity contribution < 1.29 is 9.53 Å². The number of aromatic nitrogens is 2. The van der Waals surface area contributed by atoms with Crippen LogP contribution in [-0.2, 0) is 9.53 Å². The first-order valence-electron chi connectivity index (χ1n) is 7.31. The Morgan fingerprint density at radius 1 is 1.52 bits per heavy atom. The lowest BCUT2D eigenvalue weighted by molar-refractivity contribution is -0.148. The number of ether oxygens (including phenoxy) is 1. The molecule has 0 bridgehead atoms. The Labute approximate surface area is 132 Å². The van der Waals surface area contributed by atoms with E-state index in [2.05, 4.69) is 17.3 Å². The quantitative estimate of drug-likeness (QED) is 0.786. The van der Waals surface area contributed by atoms with Crippen molar-refractivity contribution in [2.45, 2.75) is 59.0 Å². The number of hydrogen-bond acceptors (Lipinski definition) is 4. The highest BCUT2D eigenvalue weighted by molar-refractivity contribution is 6.31. The predicted octanol–water partition coefficient (Wildman–Crippen LogP) is 3.04. The van der Waals surface area contributed by atoms with Gasteiger partial charge in [0.05, 0.1) is 29.6 Å². The molecular formula is C15H26ClN3O2. The van der Waals surface area contributed by atoms with E-state index in [0.29, 0.717) is 11.4 Å². The molecule has 5 nitrogen and oxygen atoms in total. The van der Waals surface area contributed by atoms with E-state index in [1.54, 1.807) is 0 Å². The van der Waals surface area contributed by atoms with Crippen molar-refractivity contribution in [1.82, 2.24) is 15.1 Å². The third-order valence-electron chi connectivity index (χ3n) is 3.76. The third-order valence-corrected chi connectivity index (χ3v) is 4.31. The van der Waals surface area contributed by atoms with Crippen LogP contribution in [0.2, 0.25) is 5.02 Å². The smallest absolute Gasteiger partial charge is 0.325 e. The first-order chi connectivity index (χ1) is 9.76. The van der Waals surface area contributed by atoms with Crippen LogP contribution >= 0.6 is 11.6 Å². The summed E-state index contributed by atoms with van der Waals surface area (Å²) in [5.41, 5.74) is 0.995. The summed E-state index contributed by atoms with van der Waals surface area (Å²) < 4.78 is 6.83. The molecule has 0 aromatic carbocycles. The van der Waals surface area contributed by atoms with Crippen molar-refractivity contribution in [2.24, 2.45) is 0 Å². The van der Waals surface area contributed by atoms with Gasteiger partial charge in [0.15, 0.2) is 0 Å². The normalized spacial score (nSPS) is 15.6. The molecule has 1 heterocycles. The Morgan fingerprint density at radius 2 is 2.14 bits per heavy atom. The number of esters is 1. The molecule has 0 aliphatic rings. The maximum Gasteiger partial charge on any atom is 0.325 e. The second-order valence-electron chi connectivity index (χ2n) is 5.73. The van der Waals surface area contributed by atoms with Crippen molar-refractivity contribution >= 4 is 17.6 Å². The van der Waals surface area contributed by atoms with Crippen molar-refractivity contribution in [3.8, 4) is 0 Å². The Bertz CT molecular complexity index is 501. The van der Waals surface area contributed by atoms with Crippen LogP contribution in [0.3, 0.4) is 0 Å². The monoisotopic (exact) mass is 315 g/mol. The largest absolute Gasteiger partial charge is 0.468 e. The molecule has 21 heavy (non-hydrogen) atoms. The van der Waals surface area contributed by atoms with Gasteiger partial charge in [-0.1, -0.05) is 18.5 Å². The summed E-state index contributed by atoms with van der Waals surface area (Å²) in [6.45, 7) is 10.6. The molecule has 1 aromatic heterocycles. The van der Waals surface area contributed by atoms with Gasteiger partial charge < -0.3 is 10.1 Å². The molecule has 2 atom stereocenters. The van der Waals surface area contributed by atoms with E-state index in [0.717, 1.165) is 24.4 Å². The van der Waals surface area contributed by atoms with Crippen molar-refractivity contribution in [3.05, 3.63) is 16.4 Å². The SMILES string of the molecule is CCCNC(C)(CC(C)n1nc(C)c(Cl)c1C)C(=O)OC. The van der Waals surface area contributed by atoms with E-state index in [9.17, 15) is 4.79 Å². The zero-order valence-corrected chi connectivity index (χ0v) is 14.5. The number of nitrogens with one attached hydrogen (secondary N) is 1. The first-order valence-corrected chi connectivity index (χ1v) is 7.69. The molecule has 1 aromatic rings. The highest BCUT2D eigenvalue weighted by Gasteiger charge is 2.36. The van der Waals surface area contributed by atoms with Gasteiger partial charge in [-0.05, 0) is 47.1 Å². The van der Waals surface area contributed by atoms with Crippen molar-refractivity contribution in [3.63, 3.8) is 0 Å². The van der Waals surface area contributed by atoms with Crippen LogP contribution in [0.15, 0.2) is 0 Å². The van der Waals surface area contributed by atoms with E-state index in [1.807, 2.05) is 32.4 Å². The topological polar surface area (TPSA) is 56.2 Å². The van der Waals surface area contributed by atoms with Crippen molar-refractivity contribution in [2.75, 3.05) is 13.7 Å². The van der Waals surface area contributed by atoms with Crippen LogP contribution in [0.4, 0.5) is 0 Å². The minimum Gasteiger partial charge on any atom is -0.468 e. The summed E-state index contributed by atoms with van der Waals surface area (Å²) in [6.07, 6.45) is 1.53. The lowest BCUT2D eigenvalue weighted by Crippen LogP contribution is -2.51. The Kier molecular flexibility index (Phi) is 6.23. The second kappa shape index (κ2) is 7.27. The average Bonchev–Trinajstić information content (AvgIpc) is 2.71. The predicted molar refractivity (Wildman–Crippen MR) is 84.8 cm³/mol. The third kappa shape index (κ3) is 3.98. The number of rotatable bonds is 7. The van der Waals surface area contributed by atoms with Crippen LogP contribution in [-0.4, -0.2) is 34.9 Å². The Balaban J connectivity index is 2.97. The molecule has 1 rings (SSSR count). The lowest BCUT2D eigenvalue weighted by atomic mass is 9.93. The van der Waals surface area contributed by atoms with Crippen LogP contribution < -0.4 is 5.32 Å². The summed E-state index contributed by atoms with van der Waals surface area (Å²) in [6, 6.07) is 0.0321. The molecule has 0 fully saturated rings. The summed E-state index contributed by atoms with van der Waals surface area (Å²) in [5, 5.41) is 8.44. The van der Waals surface area contributed by atoms with Gasteiger partial charge >= 0.3 is 5.97 Å². The van der Waals surface area contributed by atoms with Crippen LogP contribution in [0.5, 0.6) is 0 Å². The molecule has 2 unspecified atom stereocenters. The van der Waals surface area contributed by atoms with E-state index < -0.39 is 5.54 Å². The van der Waals surface area contributed by atoms with Gasteiger partial charge in [0, 0.05) is 0 Å². The molecule has 0 amide bonds. The number of halogens is 1. The highest BCUT2D eigenvalue weighted by Crippen LogP contribution is 2.27. The van der Waals surface area contributed by atoms with E-state index in [4.69, 9.17) is 16.3 Å². The van der Waals surface area contributed by atoms with Crippen LogP contribution in [0.25, 0.3) is 0 Å². The molecule has 120 valence electrons. The Hall–Kier alpha value is -1.07. The standard InChI is InChI=1S/C15H26ClN3O2/c1-7-8-17-15(5,14(20)21-6)9-10(2)19-12(4)13(16)11(3)18-19/h10,17H,7-9H2,1-6H3. The van der Waals surface area contributed by atoms with E-state index >= 15 is 0 Å². The van der Waals surface area contributed by atoms with E-state index in [-0.39, 0.29) is 12.0 Å². The van der Waals surface area contributed by atoms with Gasteiger partial charge in [0.2, 0.25) is 0 Å². The highest BCUT2D eigenvalue weighted by atomic mass is 35.5. The maximum atomic E-state index is 12.1. The molecule has 0 aliphatic heterocycles. The minimum absolute atomic E-state index is 0.0321. The van der Waals surface area contributed by atoms with Gasteiger partial charge in [-0.3, -0.25) is 9.48 Å². The molecule has 0 saturated carbocycles. The van der Waals surface area contributed by atoms with Gasteiger partial charge in [-0.2, -0.15) is 5.10 Å². The maximum absolute atomic E-state index is 12.1. The van der Waals surface area contributed by atoms with Gasteiger partial charge in [0.1, 0.15) is 5.54 Å². The molecule has 6 heteroatoms. The zero-order valence-electron chi connectivity index (χ0n) is 13.8. The van der Waals surface area contributed by atoms with Gasteiger partial charge in [0.25, 0.3) is 0 Å². The number of nitrogens with zero attached hydrogens (tertiary/aromatic N) is 2. The molecule has 0 spiro atoms. The fourth-order valence-electron chi connectivity index (χ4n) is 2.60. The average molecular weight is 316 g/mol. The molecular weight excluding hydrogens is 290 g/mol. The molecule has 0 radical (unpaired) electrons. The number of carbonyl (C=O) groups is 1. The first kappa shape index (κ1) is 18.0. The number of methoxy groups -OCH3 is 1. The summed E-state index contributed by atoms with van der Waals surface area (Å²) in [4.78, 5) is 12.1. The molecule has 1 N–H and O–H groups in total. The summed E-state index contributed by atoms with van der Waals surface area (Å²) in [7, 11) is 1.42.